The third-order valence-electron chi connectivity index (χ3n) is 4.45. The van der Waals surface area contributed by atoms with E-state index in [2.05, 4.69) is 12.2 Å². The Morgan fingerprint density at radius 1 is 1.24 bits per heavy atom. The van der Waals surface area contributed by atoms with E-state index in [9.17, 15) is 9.59 Å². The van der Waals surface area contributed by atoms with E-state index in [0.717, 1.165) is 17.9 Å². The maximum Gasteiger partial charge on any atom is 0.250 e. The van der Waals surface area contributed by atoms with Crippen LogP contribution < -0.4 is 5.32 Å². The topological polar surface area (TPSA) is 49.4 Å². The van der Waals surface area contributed by atoms with Crippen molar-refractivity contribution in [2.75, 3.05) is 6.54 Å². The highest BCUT2D eigenvalue weighted by Gasteiger charge is 2.35. The molecule has 1 saturated carbocycles. The molecule has 0 bridgehead atoms. The van der Waals surface area contributed by atoms with E-state index in [-0.39, 0.29) is 17.9 Å². The van der Waals surface area contributed by atoms with E-state index in [0.29, 0.717) is 13.0 Å². The van der Waals surface area contributed by atoms with Gasteiger partial charge >= 0.3 is 0 Å². The lowest BCUT2D eigenvalue weighted by Gasteiger charge is -2.30. The van der Waals surface area contributed by atoms with E-state index >= 15 is 0 Å². The SMILES string of the molecule is CC(CC1CC1)N1CCC(=O)NC(c2ccccc2)C1=O. The molecule has 3 rings (SSSR count). The first-order chi connectivity index (χ1) is 10.1. The molecule has 4 nitrogen and oxygen atoms in total. The Labute approximate surface area is 125 Å². The zero-order valence-corrected chi connectivity index (χ0v) is 12.4. The molecule has 1 aliphatic heterocycles. The van der Waals surface area contributed by atoms with Gasteiger partial charge in [-0.05, 0) is 24.8 Å². The second-order valence-corrected chi connectivity index (χ2v) is 6.22. The lowest BCUT2D eigenvalue weighted by molar-refractivity contribution is -0.135. The maximum atomic E-state index is 12.8. The number of hydrogen-bond acceptors (Lipinski definition) is 2. The molecule has 1 aliphatic carbocycles. The molecule has 0 aromatic heterocycles. The highest BCUT2D eigenvalue weighted by molar-refractivity contribution is 5.91. The minimum absolute atomic E-state index is 0.0280. The van der Waals surface area contributed by atoms with Crippen LogP contribution in [0.1, 0.15) is 44.2 Å². The maximum absolute atomic E-state index is 12.8. The van der Waals surface area contributed by atoms with Crippen LogP contribution in [0, 0.1) is 5.92 Å². The number of nitrogens with one attached hydrogen (secondary N) is 1. The molecule has 4 heteroatoms. The smallest absolute Gasteiger partial charge is 0.250 e. The molecule has 1 aromatic carbocycles. The minimum Gasteiger partial charge on any atom is -0.340 e. The molecule has 2 atom stereocenters. The average molecular weight is 286 g/mol. The Morgan fingerprint density at radius 3 is 2.62 bits per heavy atom. The fraction of sp³-hybridized carbons (Fsp3) is 0.529. The summed E-state index contributed by atoms with van der Waals surface area (Å²) >= 11 is 0. The molecule has 0 radical (unpaired) electrons. The summed E-state index contributed by atoms with van der Waals surface area (Å²) in [5, 5.41) is 2.87. The predicted molar refractivity (Wildman–Crippen MR) is 80.5 cm³/mol. The minimum atomic E-state index is -0.539. The van der Waals surface area contributed by atoms with Gasteiger partial charge in [-0.1, -0.05) is 43.2 Å². The van der Waals surface area contributed by atoms with Crippen molar-refractivity contribution in [3.05, 3.63) is 35.9 Å². The second kappa shape index (κ2) is 5.88. The summed E-state index contributed by atoms with van der Waals surface area (Å²) in [5.74, 6) is 0.758. The molecule has 1 N–H and O–H groups in total. The van der Waals surface area contributed by atoms with E-state index < -0.39 is 6.04 Å². The summed E-state index contributed by atoms with van der Waals surface area (Å²) in [6.45, 7) is 2.63. The fourth-order valence-electron chi connectivity index (χ4n) is 3.07. The number of rotatable bonds is 4. The van der Waals surface area contributed by atoms with E-state index in [1.54, 1.807) is 0 Å². The third-order valence-corrected chi connectivity index (χ3v) is 4.45. The van der Waals surface area contributed by atoms with E-state index in [1.165, 1.54) is 12.8 Å². The van der Waals surface area contributed by atoms with Crippen LogP contribution in [0.15, 0.2) is 30.3 Å². The number of carbonyl (C=O) groups is 2. The second-order valence-electron chi connectivity index (χ2n) is 6.22. The molecule has 1 heterocycles. The van der Waals surface area contributed by atoms with Gasteiger partial charge in [0.2, 0.25) is 11.8 Å². The van der Waals surface area contributed by atoms with Crippen molar-refractivity contribution in [3.8, 4) is 0 Å². The summed E-state index contributed by atoms with van der Waals surface area (Å²) < 4.78 is 0. The first-order valence-corrected chi connectivity index (χ1v) is 7.80. The van der Waals surface area contributed by atoms with Gasteiger partial charge in [0.15, 0.2) is 0 Å². The summed E-state index contributed by atoms with van der Waals surface area (Å²) in [6.07, 6.45) is 4.02. The third kappa shape index (κ3) is 3.26. The molecule has 112 valence electrons. The number of hydrogen-bond donors (Lipinski definition) is 1. The highest BCUT2D eigenvalue weighted by Crippen LogP contribution is 2.35. The molecule has 21 heavy (non-hydrogen) atoms. The number of nitrogens with zero attached hydrogens (tertiary/aromatic N) is 1. The van der Waals surface area contributed by atoms with Crippen molar-refractivity contribution in [3.63, 3.8) is 0 Å². The van der Waals surface area contributed by atoms with Crippen LogP contribution in [0.25, 0.3) is 0 Å². The predicted octanol–water partition coefficient (Wildman–Crippen LogP) is 2.26. The lowest BCUT2D eigenvalue weighted by Crippen LogP contribution is -2.43. The largest absolute Gasteiger partial charge is 0.340 e. The Bertz CT molecular complexity index is 525. The Balaban J connectivity index is 1.81. The van der Waals surface area contributed by atoms with Crippen molar-refractivity contribution >= 4 is 11.8 Å². The van der Waals surface area contributed by atoms with Gasteiger partial charge in [0.05, 0.1) is 0 Å². The standard InChI is InChI=1S/C17H22N2O2/c1-12(11-13-7-8-13)19-10-9-15(20)18-16(17(19)21)14-5-3-2-4-6-14/h2-6,12-13,16H,7-11H2,1H3,(H,18,20). The molecular weight excluding hydrogens is 264 g/mol. The van der Waals surface area contributed by atoms with Gasteiger partial charge in [0.25, 0.3) is 0 Å². The van der Waals surface area contributed by atoms with Crippen LogP contribution in [0.3, 0.4) is 0 Å². The van der Waals surface area contributed by atoms with Gasteiger partial charge in [-0.25, -0.2) is 0 Å². The van der Waals surface area contributed by atoms with Crippen LogP contribution in [-0.2, 0) is 9.59 Å². The monoisotopic (exact) mass is 286 g/mol. The van der Waals surface area contributed by atoms with E-state index in [1.807, 2.05) is 35.2 Å². The molecule has 2 fully saturated rings. The van der Waals surface area contributed by atoms with Crippen LogP contribution >= 0.6 is 0 Å². The Kier molecular flexibility index (Phi) is 3.95. The Hall–Kier alpha value is -1.84. The molecule has 2 unspecified atom stereocenters. The average Bonchev–Trinajstić information content (AvgIpc) is 3.29. The normalized spacial score (nSPS) is 24.4. The van der Waals surface area contributed by atoms with Crippen molar-refractivity contribution in [1.82, 2.24) is 10.2 Å². The van der Waals surface area contributed by atoms with Gasteiger partial charge in [-0.2, -0.15) is 0 Å². The van der Waals surface area contributed by atoms with Crippen LogP contribution in [0.2, 0.25) is 0 Å². The zero-order chi connectivity index (χ0) is 14.8. The van der Waals surface area contributed by atoms with Crippen LogP contribution in [0.4, 0.5) is 0 Å². The number of carbonyl (C=O) groups excluding carboxylic acids is 2. The number of benzene rings is 1. The van der Waals surface area contributed by atoms with Crippen molar-refractivity contribution in [2.45, 2.75) is 44.7 Å². The van der Waals surface area contributed by atoms with Gasteiger partial charge in [0.1, 0.15) is 6.04 Å². The van der Waals surface area contributed by atoms with Crippen LogP contribution in [0.5, 0.6) is 0 Å². The van der Waals surface area contributed by atoms with Crippen molar-refractivity contribution < 1.29 is 9.59 Å². The molecule has 2 amide bonds. The molecular formula is C17H22N2O2. The summed E-state index contributed by atoms with van der Waals surface area (Å²) in [5.41, 5.74) is 0.862. The lowest BCUT2D eigenvalue weighted by atomic mass is 10.0. The van der Waals surface area contributed by atoms with Crippen molar-refractivity contribution in [1.29, 1.82) is 0 Å². The van der Waals surface area contributed by atoms with Gasteiger partial charge < -0.3 is 10.2 Å². The molecule has 1 saturated heterocycles. The highest BCUT2D eigenvalue weighted by atomic mass is 16.2. The molecule has 2 aliphatic rings. The summed E-state index contributed by atoms with van der Waals surface area (Å²) in [7, 11) is 0. The summed E-state index contributed by atoms with van der Waals surface area (Å²) in [4.78, 5) is 26.7. The van der Waals surface area contributed by atoms with E-state index in [4.69, 9.17) is 0 Å². The van der Waals surface area contributed by atoms with Gasteiger partial charge in [-0.15, -0.1) is 0 Å². The first-order valence-electron chi connectivity index (χ1n) is 7.80. The van der Waals surface area contributed by atoms with Gasteiger partial charge in [0, 0.05) is 19.0 Å². The van der Waals surface area contributed by atoms with Crippen molar-refractivity contribution in [2.24, 2.45) is 5.92 Å². The quantitative estimate of drug-likeness (QED) is 0.923. The summed E-state index contributed by atoms with van der Waals surface area (Å²) in [6, 6.07) is 9.19. The number of amides is 2. The van der Waals surface area contributed by atoms with Crippen LogP contribution in [-0.4, -0.2) is 29.3 Å². The fourth-order valence-corrected chi connectivity index (χ4v) is 3.07. The zero-order valence-electron chi connectivity index (χ0n) is 12.4. The molecule has 1 aromatic rings. The first kappa shape index (κ1) is 14.1. The molecule has 0 spiro atoms. The Morgan fingerprint density at radius 2 is 1.95 bits per heavy atom. The van der Waals surface area contributed by atoms with Gasteiger partial charge in [-0.3, -0.25) is 9.59 Å².